The number of nitrogens with one attached hydrogen (secondary N) is 1. The number of nitrogens with zero attached hydrogens (tertiary/aromatic N) is 2. The van der Waals surface area contributed by atoms with Gasteiger partial charge in [0.25, 0.3) is 10.0 Å². The summed E-state index contributed by atoms with van der Waals surface area (Å²) in [4.78, 5) is 27.9. The van der Waals surface area contributed by atoms with Crippen LogP contribution in [0.25, 0.3) is 0 Å². The second kappa shape index (κ2) is 13.8. The van der Waals surface area contributed by atoms with Gasteiger partial charge in [-0.25, -0.2) is 12.8 Å². The highest BCUT2D eigenvalue weighted by Gasteiger charge is 2.33. The summed E-state index contributed by atoms with van der Waals surface area (Å²) in [5.41, 5.74) is 0.902. The molecule has 0 aliphatic heterocycles. The minimum absolute atomic E-state index is 0.0374. The van der Waals surface area contributed by atoms with Crippen molar-refractivity contribution < 1.29 is 31.9 Å². The molecule has 40 heavy (non-hydrogen) atoms. The Morgan fingerprint density at radius 3 is 2.23 bits per heavy atom. The zero-order valence-electron chi connectivity index (χ0n) is 23.0. The monoisotopic (exact) mass is 571 g/mol. The molecule has 2 amide bonds. The third-order valence-electron chi connectivity index (χ3n) is 6.24. The highest BCUT2D eigenvalue weighted by atomic mass is 32.2. The summed E-state index contributed by atoms with van der Waals surface area (Å²) in [6, 6.07) is 16.8. The number of amides is 2. The molecule has 1 atom stereocenters. The van der Waals surface area contributed by atoms with E-state index in [9.17, 15) is 22.4 Å². The van der Waals surface area contributed by atoms with Gasteiger partial charge in [0.05, 0.1) is 24.3 Å². The molecule has 3 rings (SSSR count). The Labute approximate surface area is 234 Å². The maximum absolute atomic E-state index is 13.9. The Hall–Kier alpha value is -4.12. The Kier molecular flexibility index (Phi) is 10.5. The first-order valence-corrected chi connectivity index (χ1v) is 14.2. The lowest BCUT2D eigenvalue weighted by Gasteiger charge is -2.33. The van der Waals surface area contributed by atoms with Crippen LogP contribution in [0.4, 0.5) is 10.1 Å². The number of carbonyl (C=O) groups is 2. The molecule has 3 aromatic carbocycles. The zero-order valence-corrected chi connectivity index (χ0v) is 23.8. The number of anilines is 1. The number of benzene rings is 3. The number of methoxy groups -OCH3 is 1. The Morgan fingerprint density at radius 1 is 0.975 bits per heavy atom. The highest BCUT2D eigenvalue weighted by molar-refractivity contribution is 7.92. The van der Waals surface area contributed by atoms with Gasteiger partial charge in [-0.15, -0.1) is 0 Å². The lowest BCUT2D eigenvalue weighted by Crippen LogP contribution is -2.51. The van der Waals surface area contributed by atoms with Gasteiger partial charge in [-0.1, -0.05) is 19.1 Å². The summed E-state index contributed by atoms with van der Waals surface area (Å²) < 4.78 is 52.9. The molecule has 0 radical (unpaired) electrons. The normalized spacial score (nSPS) is 11.8. The predicted octanol–water partition coefficient (Wildman–Crippen LogP) is 3.98. The van der Waals surface area contributed by atoms with E-state index in [1.165, 1.54) is 31.2 Å². The van der Waals surface area contributed by atoms with Crippen LogP contribution in [0.2, 0.25) is 0 Å². The van der Waals surface area contributed by atoms with Gasteiger partial charge in [0, 0.05) is 13.6 Å². The maximum atomic E-state index is 13.9. The van der Waals surface area contributed by atoms with E-state index in [-0.39, 0.29) is 23.0 Å². The maximum Gasteiger partial charge on any atom is 0.264 e. The third-order valence-corrected chi connectivity index (χ3v) is 8.02. The predicted molar refractivity (Wildman–Crippen MR) is 150 cm³/mol. The van der Waals surface area contributed by atoms with Crippen molar-refractivity contribution in [2.45, 2.75) is 37.8 Å². The lowest BCUT2D eigenvalue weighted by molar-refractivity contribution is -0.140. The van der Waals surface area contributed by atoms with Gasteiger partial charge in [-0.2, -0.15) is 0 Å². The van der Waals surface area contributed by atoms with Gasteiger partial charge in [-0.3, -0.25) is 13.9 Å². The van der Waals surface area contributed by atoms with Crippen LogP contribution in [0, 0.1) is 5.82 Å². The van der Waals surface area contributed by atoms with Crippen molar-refractivity contribution in [3.8, 4) is 11.5 Å². The second-order valence-corrected chi connectivity index (χ2v) is 10.7. The molecule has 0 aliphatic rings. The molecule has 214 valence electrons. The number of hydrogen-bond donors (Lipinski definition) is 1. The lowest BCUT2D eigenvalue weighted by atomic mass is 10.1. The molecule has 0 heterocycles. The quantitative estimate of drug-likeness (QED) is 0.333. The van der Waals surface area contributed by atoms with Crippen molar-refractivity contribution in [1.29, 1.82) is 0 Å². The van der Waals surface area contributed by atoms with Crippen molar-refractivity contribution in [3.63, 3.8) is 0 Å². The van der Waals surface area contributed by atoms with E-state index in [0.29, 0.717) is 30.1 Å². The Morgan fingerprint density at radius 2 is 1.65 bits per heavy atom. The van der Waals surface area contributed by atoms with Crippen molar-refractivity contribution in [1.82, 2.24) is 10.2 Å². The molecular weight excluding hydrogens is 537 g/mol. The first-order valence-electron chi connectivity index (χ1n) is 12.8. The van der Waals surface area contributed by atoms with Crippen LogP contribution in [0.3, 0.4) is 0 Å². The average Bonchev–Trinajstić information content (AvgIpc) is 2.96. The number of likely N-dealkylation sites (N-methyl/N-ethyl adjacent to an activating group) is 1. The Bertz CT molecular complexity index is 1400. The first kappa shape index (κ1) is 30.4. The Balaban J connectivity index is 2.06. The molecular formula is C29H34FN3O6S. The first-order chi connectivity index (χ1) is 19.1. The van der Waals surface area contributed by atoms with Crippen LogP contribution in [-0.2, 0) is 26.2 Å². The van der Waals surface area contributed by atoms with E-state index in [1.807, 2.05) is 6.92 Å². The van der Waals surface area contributed by atoms with Crippen molar-refractivity contribution in [2.24, 2.45) is 0 Å². The van der Waals surface area contributed by atoms with Gasteiger partial charge < -0.3 is 19.7 Å². The summed E-state index contributed by atoms with van der Waals surface area (Å²) >= 11 is 0. The van der Waals surface area contributed by atoms with Crippen molar-refractivity contribution >= 4 is 27.5 Å². The molecule has 9 nitrogen and oxygen atoms in total. The van der Waals surface area contributed by atoms with Crippen LogP contribution in [-0.4, -0.2) is 58.5 Å². The fraction of sp³-hybridized carbons (Fsp3) is 0.310. The zero-order chi connectivity index (χ0) is 29.3. The highest BCUT2D eigenvalue weighted by Crippen LogP contribution is 2.27. The number of halogens is 1. The summed E-state index contributed by atoms with van der Waals surface area (Å²) in [6.45, 7) is 3.45. The summed E-state index contributed by atoms with van der Waals surface area (Å²) in [6.07, 6.45) is 0.295. The molecule has 0 aliphatic carbocycles. The van der Waals surface area contributed by atoms with Crippen LogP contribution in [0.15, 0.2) is 77.7 Å². The van der Waals surface area contributed by atoms with Crippen molar-refractivity contribution in [3.05, 3.63) is 84.2 Å². The summed E-state index contributed by atoms with van der Waals surface area (Å²) in [5.74, 6) is -0.469. The van der Waals surface area contributed by atoms with E-state index in [0.717, 1.165) is 28.6 Å². The molecule has 0 aromatic heterocycles. The van der Waals surface area contributed by atoms with Gasteiger partial charge in [0.2, 0.25) is 11.8 Å². The number of rotatable bonds is 13. The fourth-order valence-electron chi connectivity index (χ4n) is 4.19. The average molecular weight is 572 g/mol. The van der Waals surface area contributed by atoms with E-state index in [4.69, 9.17) is 9.47 Å². The number of ether oxygens (including phenoxy) is 2. The SMILES string of the molecule is CCOc1ccc(N(CC(=O)N(Cc2cccc(OC)c2)[C@@H](CC)C(=O)NC)S(=O)(=O)c2ccc(F)cc2)cc1. The van der Waals surface area contributed by atoms with E-state index in [2.05, 4.69) is 5.32 Å². The molecule has 0 saturated carbocycles. The second-order valence-electron chi connectivity index (χ2n) is 8.80. The van der Waals surface area contributed by atoms with E-state index >= 15 is 0 Å². The minimum Gasteiger partial charge on any atom is -0.497 e. The van der Waals surface area contributed by atoms with Crippen LogP contribution < -0.4 is 19.1 Å². The van der Waals surface area contributed by atoms with Crippen LogP contribution >= 0.6 is 0 Å². The molecule has 11 heteroatoms. The molecule has 0 bridgehead atoms. The van der Waals surface area contributed by atoms with E-state index in [1.54, 1.807) is 43.3 Å². The van der Waals surface area contributed by atoms with Gasteiger partial charge in [-0.05, 0) is 79.6 Å². The van der Waals surface area contributed by atoms with Gasteiger partial charge in [0.15, 0.2) is 0 Å². The third kappa shape index (κ3) is 7.29. The molecule has 0 unspecified atom stereocenters. The summed E-state index contributed by atoms with van der Waals surface area (Å²) in [7, 11) is -1.31. The molecule has 3 aromatic rings. The fourth-order valence-corrected chi connectivity index (χ4v) is 5.61. The largest absolute Gasteiger partial charge is 0.497 e. The standard InChI is InChI=1S/C29H34FN3O6S/c1-5-27(29(35)31-3)32(19-21-8-7-9-25(18-21)38-4)28(34)20-33(23-12-14-24(15-13-23)39-6-2)40(36,37)26-16-10-22(30)11-17-26/h7-18,27H,5-6,19-20H2,1-4H3,(H,31,35)/t27-/m0/s1. The topological polar surface area (TPSA) is 105 Å². The van der Waals surface area contributed by atoms with E-state index < -0.39 is 34.3 Å². The van der Waals surface area contributed by atoms with Crippen LogP contribution in [0.1, 0.15) is 25.8 Å². The molecule has 0 spiro atoms. The number of sulfonamides is 1. The smallest absolute Gasteiger partial charge is 0.264 e. The molecule has 0 fully saturated rings. The molecule has 1 N–H and O–H groups in total. The number of carbonyl (C=O) groups excluding carboxylic acids is 2. The van der Waals surface area contributed by atoms with Gasteiger partial charge >= 0.3 is 0 Å². The van der Waals surface area contributed by atoms with Crippen LogP contribution in [0.5, 0.6) is 11.5 Å². The van der Waals surface area contributed by atoms with Crippen molar-refractivity contribution in [2.75, 3.05) is 31.6 Å². The summed E-state index contributed by atoms with van der Waals surface area (Å²) in [5, 5.41) is 2.59. The number of hydrogen-bond acceptors (Lipinski definition) is 6. The molecule has 0 saturated heterocycles. The van der Waals surface area contributed by atoms with Gasteiger partial charge in [0.1, 0.15) is 29.9 Å². The minimum atomic E-state index is -4.31.